The summed E-state index contributed by atoms with van der Waals surface area (Å²) in [5, 5.41) is 12.3. The molecular weight excluding hydrogens is 404 g/mol. The molecule has 1 aliphatic carbocycles. The van der Waals surface area contributed by atoms with Gasteiger partial charge >= 0.3 is 5.97 Å². The minimum Gasteiger partial charge on any atom is -0.478 e. The van der Waals surface area contributed by atoms with E-state index >= 15 is 0 Å². The number of fused-ring (bicyclic) bond motifs is 1. The molecule has 1 aliphatic heterocycles. The van der Waals surface area contributed by atoms with E-state index in [0.717, 1.165) is 31.2 Å². The summed E-state index contributed by atoms with van der Waals surface area (Å²) in [5.74, 6) is -1.01. The largest absolute Gasteiger partial charge is 0.478 e. The highest BCUT2D eigenvalue weighted by atomic mass is 16.4. The average Bonchev–Trinajstić information content (AvgIpc) is 2.82. The van der Waals surface area contributed by atoms with E-state index in [1.54, 1.807) is 12.1 Å². The number of hydrogen-bond acceptors (Lipinski definition) is 3. The molecule has 0 saturated heterocycles. The summed E-state index contributed by atoms with van der Waals surface area (Å²) in [6, 6.07) is 14.0. The number of amides is 2. The van der Waals surface area contributed by atoms with Gasteiger partial charge in [0, 0.05) is 19.0 Å². The fourth-order valence-corrected chi connectivity index (χ4v) is 5.18. The van der Waals surface area contributed by atoms with Gasteiger partial charge in [-0.15, -0.1) is 0 Å². The van der Waals surface area contributed by atoms with Crippen LogP contribution in [0.15, 0.2) is 48.5 Å². The molecule has 0 aromatic heterocycles. The number of carbonyl (C=O) groups excluding carboxylic acids is 2. The van der Waals surface area contributed by atoms with Crippen LogP contribution in [-0.2, 0) is 11.2 Å². The van der Waals surface area contributed by atoms with E-state index in [4.69, 9.17) is 0 Å². The average molecular weight is 435 g/mol. The van der Waals surface area contributed by atoms with Crippen molar-refractivity contribution in [3.05, 3.63) is 70.8 Å². The number of nitrogens with one attached hydrogen (secondary N) is 1. The highest BCUT2D eigenvalue weighted by Crippen LogP contribution is 2.36. The molecule has 1 saturated carbocycles. The molecule has 4 rings (SSSR count). The second kappa shape index (κ2) is 9.55. The van der Waals surface area contributed by atoms with Gasteiger partial charge < -0.3 is 15.3 Å². The van der Waals surface area contributed by atoms with Crippen molar-refractivity contribution in [2.75, 3.05) is 13.1 Å². The number of carboxylic acids is 1. The van der Waals surface area contributed by atoms with Crippen molar-refractivity contribution in [3.8, 4) is 0 Å². The molecule has 2 N–H and O–H groups in total. The smallest absolute Gasteiger partial charge is 0.336 e. The summed E-state index contributed by atoms with van der Waals surface area (Å²) in [6.07, 6.45) is 5.06. The van der Waals surface area contributed by atoms with Crippen molar-refractivity contribution in [1.82, 2.24) is 10.2 Å². The molecule has 2 aromatic carbocycles. The van der Waals surface area contributed by atoms with Crippen molar-refractivity contribution < 1.29 is 19.5 Å². The summed E-state index contributed by atoms with van der Waals surface area (Å²) < 4.78 is 0. The second-order valence-electron chi connectivity index (χ2n) is 8.93. The quantitative estimate of drug-likeness (QED) is 0.743. The first-order valence-electron chi connectivity index (χ1n) is 11.5. The zero-order valence-electron chi connectivity index (χ0n) is 18.4. The van der Waals surface area contributed by atoms with Gasteiger partial charge in [0.05, 0.1) is 17.2 Å². The Hall–Kier alpha value is -3.15. The number of rotatable bonds is 5. The molecule has 6 heteroatoms. The molecule has 6 nitrogen and oxygen atoms in total. The van der Waals surface area contributed by atoms with Crippen LogP contribution >= 0.6 is 0 Å². The van der Waals surface area contributed by atoms with E-state index in [-0.39, 0.29) is 35.5 Å². The number of carbonyl (C=O) groups is 3. The van der Waals surface area contributed by atoms with E-state index < -0.39 is 11.9 Å². The Labute approximate surface area is 188 Å². The van der Waals surface area contributed by atoms with Crippen LogP contribution in [0.25, 0.3) is 0 Å². The Bertz CT molecular complexity index is 1020. The lowest BCUT2D eigenvalue weighted by atomic mass is 9.79. The minimum absolute atomic E-state index is 0.0277. The van der Waals surface area contributed by atoms with Crippen molar-refractivity contribution in [2.45, 2.75) is 45.1 Å². The van der Waals surface area contributed by atoms with Crippen LogP contribution in [0.2, 0.25) is 0 Å². The standard InChI is InChI=1S/C26H30N2O4/c1-17-8-2-4-10-19(17)25(30)28-15-14-18-9-3-5-11-20(18)23(28)16-27-24(29)21-12-6-7-13-22(21)26(31)32/h3,5-7,9,11-13,17,19,23H,2,4,8,10,14-16H2,1H3,(H,27,29)(H,31,32). The number of carboxylic acid groups (broad SMARTS) is 1. The lowest BCUT2D eigenvalue weighted by Crippen LogP contribution is -2.48. The van der Waals surface area contributed by atoms with E-state index in [9.17, 15) is 19.5 Å². The normalized spacial score (nSPS) is 22.7. The lowest BCUT2D eigenvalue weighted by Gasteiger charge is -2.41. The van der Waals surface area contributed by atoms with Crippen LogP contribution in [0.1, 0.15) is 70.5 Å². The molecule has 2 aliphatic rings. The van der Waals surface area contributed by atoms with Crippen molar-refractivity contribution in [3.63, 3.8) is 0 Å². The van der Waals surface area contributed by atoms with Gasteiger partial charge in [-0.25, -0.2) is 4.79 Å². The maximum atomic E-state index is 13.6. The van der Waals surface area contributed by atoms with Gasteiger partial charge in [0.2, 0.25) is 5.91 Å². The predicted octanol–water partition coefficient (Wildman–Crippen LogP) is 4.07. The van der Waals surface area contributed by atoms with Gasteiger partial charge in [-0.3, -0.25) is 9.59 Å². The highest BCUT2D eigenvalue weighted by molar-refractivity contribution is 6.04. The predicted molar refractivity (Wildman–Crippen MR) is 121 cm³/mol. The maximum absolute atomic E-state index is 13.6. The van der Waals surface area contributed by atoms with E-state index in [1.807, 2.05) is 23.1 Å². The molecule has 0 radical (unpaired) electrons. The fraction of sp³-hybridized carbons (Fsp3) is 0.423. The van der Waals surface area contributed by atoms with Crippen LogP contribution in [0.3, 0.4) is 0 Å². The summed E-state index contributed by atoms with van der Waals surface area (Å²) in [4.78, 5) is 39.9. The fourth-order valence-electron chi connectivity index (χ4n) is 5.18. The zero-order valence-corrected chi connectivity index (χ0v) is 18.4. The highest BCUT2D eigenvalue weighted by Gasteiger charge is 2.37. The molecule has 1 heterocycles. The Morgan fingerprint density at radius 3 is 2.44 bits per heavy atom. The number of benzene rings is 2. The van der Waals surface area contributed by atoms with E-state index in [0.29, 0.717) is 12.5 Å². The third-order valence-electron chi connectivity index (χ3n) is 6.98. The molecule has 3 atom stereocenters. The molecule has 32 heavy (non-hydrogen) atoms. The van der Waals surface area contributed by atoms with Gasteiger partial charge in [-0.05, 0) is 48.4 Å². The van der Waals surface area contributed by atoms with Gasteiger partial charge in [0.15, 0.2) is 0 Å². The van der Waals surface area contributed by atoms with Gasteiger partial charge in [-0.1, -0.05) is 56.2 Å². The Balaban J connectivity index is 1.58. The van der Waals surface area contributed by atoms with Crippen LogP contribution in [-0.4, -0.2) is 40.9 Å². The first kappa shape index (κ1) is 22.1. The lowest BCUT2D eigenvalue weighted by molar-refractivity contribution is -0.141. The Morgan fingerprint density at radius 1 is 1.00 bits per heavy atom. The number of aromatic carboxylic acids is 1. The maximum Gasteiger partial charge on any atom is 0.336 e. The second-order valence-corrected chi connectivity index (χ2v) is 8.93. The van der Waals surface area contributed by atoms with Crippen LogP contribution in [0.5, 0.6) is 0 Å². The summed E-state index contributed by atoms with van der Waals surface area (Å²) in [7, 11) is 0. The SMILES string of the molecule is CC1CCCCC1C(=O)N1CCc2ccccc2C1CNC(=O)c1ccccc1C(=O)O. The van der Waals surface area contributed by atoms with E-state index in [1.165, 1.54) is 24.1 Å². The zero-order chi connectivity index (χ0) is 22.7. The van der Waals surface area contributed by atoms with E-state index in [2.05, 4.69) is 18.3 Å². The first-order chi connectivity index (χ1) is 15.5. The molecule has 2 aromatic rings. The third kappa shape index (κ3) is 4.40. The van der Waals surface area contributed by atoms with Crippen LogP contribution in [0.4, 0.5) is 0 Å². The van der Waals surface area contributed by atoms with Gasteiger partial charge in [0.1, 0.15) is 0 Å². The Kier molecular flexibility index (Phi) is 6.58. The van der Waals surface area contributed by atoms with Crippen molar-refractivity contribution in [1.29, 1.82) is 0 Å². The summed E-state index contributed by atoms with van der Waals surface area (Å²) in [5.41, 5.74) is 2.35. The molecule has 2 amide bonds. The molecule has 3 unspecified atom stereocenters. The summed E-state index contributed by atoms with van der Waals surface area (Å²) in [6.45, 7) is 3.04. The van der Waals surface area contributed by atoms with Crippen LogP contribution in [0, 0.1) is 11.8 Å². The molecule has 1 fully saturated rings. The third-order valence-corrected chi connectivity index (χ3v) is 6.98. The van der Waals surface area contributed by atoms with Crippen molar-refractivity contribution >= 4 is 17.8 Å². The Morgan fingerprint density at radius 2 is 1.69 bits per heavy atom. The molecular formula is C26H30N2O4. The topological polar surface area (TPSA) is 86.7 Å². The molecule has 168 valence electrons. The molecule has 0 bridgehead atoms. The van der Waals surface area contributed by atoms with Crippen molar-refractivity contribution in [2.24, 2.45) is 11.8 Å². The summed E-state index contributed by atoms with van der Waals surface area (Å²) >= 11 is 0. The first-order valence-corrected chi connectivity index (χ1v) is 11.5. The monoisotopic (exact) mass is 434 g/mol. The minimum atomic E-state index is -1.14. The van der Waals surface area contributed by atoms with Gasteiger partial charge in [-0.2, -0.15) is 0 Å². The van der Waals surface area contributed by atoms with Gasteiger partial charge in [0.25, 0.3) is 5.91 Å². The molecule has 0 spiro atoms. The van der Waals surface area contributed by atoms with Crippen LogP contribution < -0.4 is 5.32 Å². The number of hydrogen-bond donors (Lipinski definition) is 2. The number of nitrogens with zero attached hydrogens (tertiary/aromatic N) is 1.